The van der Waals surface area contributed by atoms with E-state index in [1.165, 1.54) is 7.11 Å². The molecule has 0 aliphatic rings. The minimum absolute atomic E-state index is 0.319. The number of benzene rings is 1. The van der Waals surface area contributed by atoms with Crippen LogP contribution in [0.1, 0.15) is 41.2 Å². The van der Waals surface area contributed by atoms with Crippen LogP contribution in [0, 0.1) is 13.8 Å². The molecule has 1 heterocycles. The molecule has 1 amide bonds. The summed E-state index contributed by atoms with van der Waals surface area (Å²) in [4.78, 5) is 24.1. The Labute approximate surface area is 141 Å². The number of carbonyl (C=O) groups is 2. The molecule has 2 rings (SSSR count). The second-order valence-corrected chi connectivity index (χ2v) is 6.36. The fourth-order valence-electron chi connectivity index (χ4n) is 2.48. The molecule has 128 valence electrons. The topological polar surface area (TPSA) is 73.2 Å². The number of methoxy groups -OCH3 is 1. The first kappa shape index (κ1) is 17.7. The maximum absolute atomic E-state index is 12.4. The van der Waals surface area contributed by atoms with E-state index in [-0.39, 0.29) is 5.91 Å². The van der Waals surface area contributed by atoms with E-state index in [2.05, 4.69) is 10.4 Å². The Morgan fingerprint density at radius 3 is 2.54 bits per heavy atom. The van der Waals surface area contributed by atoms with Gasteiger partial charge in [0.05, 0.1) is 19.3 Å². The van der Waals surface area contributed by atoms with Crippen LogP contribution in [-0.2, 0) is 16.1 Å². The summed E-state index contributed by atoms with van der Waals surface area (Å²) in [5.41, 5.74) is 2.39. The average Bonchev–Trinajstić information content (AvgIpc) is 2.83. The van der Waals surface area contributed by atoms with Crippen molar-refractivity contribution >= 4 is 11.9 Å². The molecule has 0 aliphatic heterocycles. The highest BCUT2D eigenvalue weighted by atomic mass is 16.5. The predicted octanol–water partition coefficient (Wildman–Crippen LogP) is 2.23. The molecular weight excluding hydrogens is 306 g/mol. The lowest BCUT2D eigenvalue weighted by Crippen LogP contribution is -2.50. The maximum Gasteiger partial charge on any atom is 0.330 e. The number of aromatic nitrogens is 2. The minimum atomic E-state index is -1.09. The molecule has 0 saturated carbocycles. The third kappa shape index (κ3) is 4.01. The van der Waals surface area contributed by atoms with Gasteiger partial charge in [-0.2, -0.15) is 5.10 Å². The Morgan fingerprint density at radius 2 is 1.96 bits per heavy atom. The highest BCUT2D eigenvalue weighted by Gasteiger charge is 2.30. The molecule has 0 radical (unpaired) electrons. The van der Waals surface area contributed by atoms with Crippen LogP contribution in [0.2, 0.25) is 0 Å². The van der Waals surface area contributed by atoms with Crippen molar-refractivity contribution in [1.82, 2.24) is 15.1 Å². The summed E-state index contributed by atoms with van der Waals surface area (Å²) in [5.74, 6) is -0.810. The van der Waals surface area contributed by atoms with Gasteiger partial charge in [0.25, 0.3) is 5.91 Å². The van der Waals surface area contributed by atoms with Crippen LogP contribution in [0.3, 0.4) is 0 Å². The second-order valence-electron chi connectivity index (χ2n) is 6.36. The number of nitrogens with one attached hydrogen (secondary N) is 1. The quantitative estimate of drug-likeness (QED) is 0.854. The molecule has 0 saturated heterocycles. The SMILES string of the molecule is COC(=O)C(C)(C)NC(=O)c1cccc(Cn2nc(C)cc2C)c1. The van der Waals surface area contributed by atoms with Gasteiger partial charge in [-0.1, -0.05) is 12.1 Å². The number of amides is 1. The van der Waals surface area contributed by atoms with E-state index >= 15 is 0 Å². The zero-order chi connectivity index (χ0) is 17.9. The van der Waals surface area contributed by atoms with Gasteiger partial charge in [-0.25, -0.2) is 4.79 Å². The summed E-state index contributed by atoms with van der Waals surface area (Å²) >= 11 is 0. The van der Waals surface area contributed by atoms with E-state index in [1.807, 2.05) is 36.7 Å². The van der Waals surface area contributed by atoms with E-state index in [0.717, 1.165) is 17.0 Å². The standard InChI is InChI=1S/C18H23N3O3/c1-12-9-13(2)21(20-12)11-14-7-6-8-15(10-14)16(22)19-18(3,4)17(23)24-5/h6-10H,11H2,1-5H3,(H,19,22). The van der Waals surface area contributed by atoms with Crippen molar-refractivity contribution < 1.29 is 14.3 Å². The largest absolute Gasteiger partial charge is 0.467 e. The van der Waals surface area contributed by atoms with Crippen molar-refractivity contribution in [3.8, 4) is 0 Å². The third-order valence-corrected chi connectivity index (χ3v) is 3.75. The van der Waals surface area contributed by atoms with Crippen molar-refractivity contribution in [1.29, 1.82) is 0 Å². The summed E-state index contributed by atoms with van der Waals surface area (Å²) in [6, 6.07) is 9.29. The molecule has 6 nitrogen and oxygen atoms in total. The molecular formula is C18H23N3O3. The number of rotatable bonds is 5. The van der Waals surface area contributed by atoms with E-state index in [1.54, 1.807) is 26.0 Å². The number of aryl methyl sites for hydroxylation is 2. The number of nitrogens with zero attached hydrogens (tertiary/aromatic N) is 2. The van der Waals surface area contributed by atoms with Gasteiger partial charge in [0, 0.05) is 11.3 Å². The Balaban J connectivity index is 2.16. The Morgan fingerprint density at radius 1 is 1.25 bits per heavy atom. The third-order valence-electron chi connectivity index (χ3n) is 3.75. The smallest absolute Gasteiger partial charge is 0.330 e. The van der Waals surface area contributed by atoms with Crippen molar-refractivity contribution in [2.75, 3.05) is 7.11 Å². The molecule has 0 atom stereocenters. The zero-order valence-corrected chi connectivity index (χ0v) is 14.7. The van der Waals surface area contributed by atoms with Gasteiger partial charge in [0.2, 0.25) is 0 Å². The van der Waals surface area contributed by atoms with Crippen molar-refractivity contribution in [3.63, 3.8) is 0 Å². The molecule has 0 unspecified atom stereocenters. The highest BCUT2D eigenvalue weighted by Crippen LogP contribution is 2.12. The van der Waals surface area contributed by atoms with Crippen LogP contribution in [0.4, 0.5) is 0 Å². The fourth-order valence-corrected chi connectivity index (χ4v) is 2.48. The van der Waals surface area contributed by atoms with Gasteiger partial charge in [0.15, 0.2) is 0 Å². The van der Waals surface area contributed by atoms with Crippen molar-refractivity contribution in [2.24, 2.45) is 0 Å². The van der Waals surface area contributed by atoms with Crippen LogP contribution >= 0.6 is 0 Å². The van der Waals surface area contributed by atoms with E-state index < -0.39 is 11.5 Å². The molecule has 6 heteroatoms. The lowest BCUT2D eigenvalue weighted by molar-refractivity contribution is -0.146. The zero-order valence-electron chi connectivity index (χ0n) is 14.7. The number of carbonyl (C=O) groups excluding carboxylic acids is 2. The first-order chi connectivity index (χ1) is 11.2. The summed E-state index contributed by atoms with van der Waals surface area (Å²) in [6.45, 7) is 7.74. The maximum atomic E-state index is 12.4. The van der Waals surface area contributed by atoms with Crippen LogP contribution in [0.25, 0.3) is 0 Å². The highest BCUT2D eigenvalue weighted by molar-refractivity contribution is 5.98. The normalized spacial score (nSPS) is 11.2. The van der Waals surface area contributed by atoms with Crippen LogP contribution in [-0.4, -0.2) is 34.3 Å². The number of esters is 1. The Bertz CT molecular complexity index is 763. The van der Waals surface area contributed by atoms with Gasteiger partial charge in [0.1, 0.15) is 5.54 Å². The van der Waals surface area contributed by atoms with Gasteiger partial charge >= 0.3 is 5.97 Å². The summed E-state index contributed by atoms with van der Waals surface area (Å²) in [7, 11) is 1.30. The summed E-state index contributed by atoms with van der Waals surface area (Å²) in [5, 5.41) is 7.12. The molecule has 1 aromatic carbocycles. The monoisotopic (exact) mass is 329 g/mol. The molecule has 0 spiro atoms. The predicted molar refractivity (Wildman–Crippen MR) is 90.8 cm³/mol. The van der Waals surface area contributed by atoms with Crippen molar-refractivity contribution in [3.05, 3.63) is 52.8 Å². The molecule has 0 fully saturated rings. The summed E-state index contributed by atoms with van der Waals surface area (Å²) < 4.78 is 6.60. The van der Waals surface area contributed by atoms with Gasteiger partial charge in [-0.05, 0) is 51.5 Å². The Kier molecular flexibility index (Phi) is 5.07. The molecule has 0 bridgehead atoms. The van der Waals surface area contributed by atoms with Crippen LogP contribution in [0.5, 0.6) is 0 Å². The van der Waals surface area contributed by atoms with E-state index in [4.69, 9.17) is 4.74 Å². The molecule has 24 heavy (non-hydrogen) atoms. The minimum Gasteiger partial charge on any atom is -0.467 e. The van der Waals surface area contributed by atoms with Gasteiger partial charge in [-0.15, -0.1) is 0 Å². The second kappa shape index (κ2) is 6.86. The van der Waals surface area contributed by atoms with Gasteiger partial charge in [-0.3, -0.25) is 9.48 Å². The molecule has 0 aliphatic carbocycles. The number of hydrogen-bond donors (Lipinski definition) is 1. The fraction of sp³-hybridized carbons (Fsp3) is 0.389. The molecule has 1 N–H and O–H groups in total. The number of ether oxygens (including phenoxy) is 1. The lowest BCUT2D eigenvalue weighted by Gasteiger charge is -2.23. The molecule has 2 aromatic rings. The summed E-state index contributed by atoms with van der Waals surface area (Å²) in [6.07, 6.45) is 0. The van der Waals surface area contributed by atoms with Crippen LogP contribution in [0.15, 0.2) is 30.3 Å². The first-order valence-corrected chi connectivity index (χ1v) is 7.74. The lowest BCUT2D eigenvalue weighted by atomic mass is 10.0. The van der Waals surface area contributed by atoms with Gasteiger partial charge < -0.3 is 10.1 Å². The van der Waals surface area contributed by atoms with Crippen LogP contribution < -0.4 is 5.32 Å². The van der Waals surface area contributed by atoms with E-state index in [9.17, 15) is 9.59 Å². The molecule has 1 aromatic heterocycles. The van der Waals surface area contributed by atoms with E-state index in [0.29, 0.717) is 12.1 Å². The number of hydrogen-bond acceptors (Lipinski definition) is 4. The Hall–Kier alpha value is -2.63. The average molecular weight is 329 g/mol. The first-order valence-electron chi connectivity index (χ1n) is 7.74. The van der Waals surface area contributed by atoms with Crippen molar-refractivity contribution in [2.45, 2.75) is 39.8 Å².